The van der Waals surface area contributed by atoms with Crippen LogP contribution in [0.25, 0.3) is 0 Å². The predicted octanol–water partition coefficient (Wildman–Crippen LogP) is 4.45. The van der Waals surface area contributed by atoms with Gasteiger partial charge in [-0.3, -0.25) is 9.59 Å². The number of carbonyl (C=O) groups is 2. The Labute approximate surface area is 161 Å². The van der Waals surface area contributed by atoms with Crippen molar-refractivity contribution in [3.63, 3.8) is 0 Å². The quantitative estimate of drug-likeness (QED) is 0.664. The highest BCUT2D eigenvalue weighted by atomic mass is 32.1. The number of benzene rings is 1. The van der Waals surface area contributed by atoms with Crippen LogP contribution in [0, 0.1) is 0 Å². The Bertz CT molecular complexity index is 928. The maximum Gasteiger partial charge on any atom is 0.291 e. The molecular weight excluding hydrogens is 360 g/mol. The molecule has 0 unspecified atom stereocenters. The van der Waals surface area contributed by atoms with Crippen molar-refractivity contribution >= 4 is 28.2 Å². The lowest BCUT2D eigenvalue weighted by Gasteiger charge is -2.42. The fraction of sp³-hybridized carbons (Fsp3) is 0.238. The zero-order chi connectivity index (χ0) is 18.7. The van der Waals surface area contributed by atoms with Crippen LogP contribution < -0.4 is 10.6 Å². The molecule has 1 fully saturated rings. The summed E-state index contributed by atoms with van der Waals surface area (Å²) in [7, 11) is 0. The van der Waals surface area contributed by atoms with Crippen molar-refractivity contribution < 1.29 is 14.0 Å². The largest absolute Gasteiger partial charge is 0.459 e. The summed E-state index contributed by atoms with van der Waals surface area (Å²) in [5.41, 5.74) is 1.33. The van der Waals surface area contributed by atoms with Gasteiger partial charge < -0.3 is 15.1 Å². The van der Waals surface area contributed by atoms with Crippen molar-refractivity contribution in [1.82, 2.24) is 5.32 Å². The summed E-state index contributed by atoms with van der Waals surface area (Å²) >= 11 is 1.25. The zero-order valence-electron chi connectivity index (χ0n) is 14.7. The molecule has 4 rings (SSSR count). The topological polar surface area (TPSA) is 71.3 Å². The minimum atomic E-state index is -0.327. The molecule has 1 aromatic carbocycles. The molecular formula is C21H20N2O3S. The van der Waals surface area contributed by atoms with E-state index in [0.29, 0.717) is 16.4 Å². The number of anilines is 1. The molecule has 2 N–H and O–H groups in total. The fourth-order valence-corrected chi connectivity index (χ4v) is 4.23. The lowest BCUT2D eigenvalue weighted by Crippen LogP contribution is -2.45. The lowest BCUT2D eigenvalue weighted by molar-refractivity contribution is 0.0931. The highest BCUT2D eigenvalue weighted by molar-refractivity contribution is 7.18. The van der Waals surface area contributed by atoms with E-state index in [9.17, 15) is 9.59 Å². The maximum atomic E-state index is 12.6. The second-order valence-corrected chi connectivity index (χ2v) is 7.86. The molecule has 2 heterocycles. The highest BCUT2D eigenvalue weighted by Crippen LogP contribution is 2.43. The first kappa shape index (κ1) is 17.5. The third kappa shape index (κ3) is 3.66. The Balaban J connectivity index is 1.38. The van der Waals surface area contributed by atoms with E-state index in [1.807, 2.05) is 18.2 Å². The van der Waals surface area contributed by atoms with E-state index in [2.05, 4.69) is 22.8 Å². The molecule has 1 aliphatic rings. The van der Waals surface area contributed by atoms with Gasteiger partial charge in [-0.15, -0.1) is 11.3 Å². The van der Waals surface area contributed by atoms with Crippen LogP contribution in [0.3, 0.4) is 0 Å². The summed E-state index contributed by atoms with van der Waals surface area (Å²) in [5.74, 6) is -0.198. The van der Waals surface area contributed by atoms with Crippen LogP contribution in [0.2, 0.25) is 0 Å². The summed E-state index contributed by atoms with van der Waals surface area (Å²) in [6.07, 6.45) is 4.82. The van der Waals surface area contributed by atoms with E-state index in [4.69, 9.17) is 4.42 Å². The Morgan fingerprint density at radius 3 is 2.48 bits per heavy atom. The van der Waals surface area contributed by atoms with Gasteiger partial charge in [-0.1, -0.05) is 36.8 Å². The number of rotatable bonds is 6. The first-order chi connectivity index (χ1) is 13.2. The molecule has 5 nitrogen and oxygen atoms in total. The van der Waals surface area contributed by atoms with E-state index in [1.54, 1.807) is 24.3 Å². The van der Waals surface area contributed by atoms with Crippen LogP contribution in [0.5, 0.6) is 0 Å². The second kappa shape index (κ2) is 7.40. The minimum Gasteiger partial charge on any atom is -0.459 e. The molecule has 2 aromatic heterocycles. The van der Waals surface area contributed by atoms with Crippen molar-refractivity contribution in [2.75, 3.05) is 11.9 Å². The van der Waals surface area contributed by atoms with Crippen molar-refractivity contribution in [2.45, 2.75) is 24.7 Å². The average Bonchev–Trinajstić information content (AvgIpc) is 3.33. The molecule has 0 saturated heterocycles. The number of nitrogens with one attached hydrogen (secondary N) is 2. The van der Waals surface area contributed by atoms with Crippen LogP contribution in [0.4, 0.5) is 5.00 Å². The van der Waals surface area contributed by atoms with E-state index < -0.39 is 0 Å². The molecule has 1 aliphatic carbocycles. The SMILES string of the molecule is O=C(Nc1ccc(C(=O)NCC2(c3ccccc3)CCC2)s1)c1ccco1. The summed E-state index contributed by atoms with van der Waals surface area (Å²) < 4.78 is 5.07. The standard InChI is InChI=1S/C21H20N2O3S/c24-19(16-8-4-13-26-16)23-18-10-9-17(27-18)20(25)22-14-21(11-5-12-21)15-6-2-1-3-7-15/h1-4,6-10,13H,5,11-12,14H2,(H,22,25)(H,23,24). The molecule has 3 aromatic rings. The summed E-state index contributed by atoms with van der Waals surface area (Å²) in [4.78, 5) is 25.2. The number of hydrogen-bond donors (Lipinski definition) is 2. The fourth-order valence-electron chi connectivity index (χ4n) is 3.41. The van der Waals surface area contributed by atoms with Crippen LogP contribution in [0.1, 0.15) is 45.1 Å². The molecule has 0 bridgehead atoms. The third-order valence-electron chi connectivity index (χ3n) is 5.10. The van der Waals surface area contributed by atoms with Gasteiger partial charge in [-0.2, -0.15) is 0 Å². The van der Waals surface area contributed by atoms with Gasteiger partial charge in [0.25, 0.3) is 11.8 Å². The number of furan rings is 1. The van der Waals surface area contributed by atoms with Crippen LogP contribution >= 0.6 is 11.3 Å². The van der Waals surface area contributed by atoms with Gasteiger partial charge >= 0.3 is 0 Å². The molecule has 27 heavy (non-hydrogen) atoms. The third-order valence-corrected chi connectivity index (χ3v) is 6.10. The van der Waals surface area contributed by atoms with Gasteiger partial charge in [0.2, 0.25) is 0 Å². The van der Waals surface area contributed by atoms with Crippen molar-refractivity contribution in [3.05, 3.63) is 77.1 Å². The maximum absolute atomic E-state index is 12.6. The van der Waals surface area contributed by atoms with Gasteiger partial charge in [-0.05, 0) is 42.7 Å². The van der Waals surface area contributed by atoms with Crippen molar-refractivity contribution in [3.8, 4) is 0 Å². The predicted molar refractivity (Wildman–Crippen MR) is 105 cm³/mol. The first-order valence-electron chi connectivity index (χ1n) is 8.95. The molecule has 0 aliphatic heterocycles. The Kier molecular flexibility index (Phi) is 4.81. The van der Waals surface area contributed by atoms with Crippen LogP contribution in [-0.2, 0) is 5.41 Å². The second-order valence-electron chi connectivity index (χ2n) is 6.78. The molecule has 0 radical (unpaired) electrons. The monoisotopic (exact) mass is 380 g/mol. The molecule has 0 spiro atoms. The number of thiophene rings is 1. The van der Waals surface area contributed by atoms with Crippen molar-refractivity contribution in [1.29, 1.82) is 0 Å². The van der Waals surface area contributed by atoms with E-state index in [1.165, 1.54) is 29.6 Å². The highest BCUT2D eigenvalue weighted by Gasteiger charge is 2.38. The Hall–Kier alpha value is -2.86. The van der Waals surface area contributed by atoms with E-state index >= 15 is 0 Å². The summed E-state index contributed by atoms with van der Waals surface area (Å²) in [6, 6.07) is 17.1. The molecule has 1 saturated carbocycles. The first-order valence-corrected chi connectivity index (χ1v) is 9.76. The van der Waals surface area contributed by atoms with Gasteiger partial charge in [0.15, 0.2) is 5.76 Å². The van der Waals surface area contributed by atoms with Crippen LogP contribution in [-0.4, -0.2) is 18.4 Å². The average molecular weight is 380 g/mol. The van der Waals surface area contributed by atoms with Gasteiger partial charge in [-0.25, -0.2) is 0 Å². The number of hydrogen-bond acceptors (Lipinski definition) is 4. The molecule has 138 valence electrons. The van der Waals surface area contributed by atoms with E-state index in [0.717, 1.165) is 12.8 Å². The van der Waals surface area contributed by atoms with Crippen molar-refractivity contribution in [2.24, 2.45) is 0 Å². The normalized spacial score (nSPS) is 15.0. The summed E-state index contributed by atoms with van der Waals surface area (Å²) in [5, 5.41) is 6.43. The molecule has 2 amide bonds. The zero-order valence-corrected chi connectivity index (χ0v) is 15.6. The van der Waals surface area contributed by atoms with Gasteiger partial charge in [0.1, 0.15) is 0 Å². The number of amides is 2. The van der Waals surface area contributed by atoms with Gasteiger partial charge in [0.05, 0.1) is 16.1 Å². The Morgan fingerprint density at radius 2 is 1.81 bits per heavy atom. The summed E-state index contributed by atoms with van der Waals surface area (Å²) in [6.45, 7) is 0.627. The number of carbonyl (C=O) groups excluding carboxylic acids is 2. The van der Waals surface area contributed by atoms with E-state index in [-0.39, 0.29) is 23.0 Å². The Morgan fingerprint density at radius 1 is 1.00 bits per heavy atom. The molecule has 0 atom stereocenters. The minimum absolute atomic E-state index is 0.0461. The van der Waals surface area contributed by atoms with Gasteiger partial charge in [0, 0.05) is 12.0 Å². The smallest absolute Gasteiger partial charge is 0.291 e. The molecule has 6 heteroatoms. The van der Waals surface area contributed by atoms with Crippen LogP contribution in [0.15, 0.2) is 65.3 Å². The lowest BCUT2D eigenvalue weighted by atomic mass is 9.64.